The van der Waals surface area contributed by atoms with Crippen LogP contribution in [0.15, 0.2) is 54.9 Å². The lowest BCUT2D eigenvalue weighted by Gasteiger charge is -2.39. The molecule has 0 unspecified atom stereocenters. The van der Waals surface area contributed by atoms with E-state index in [9.17, 15) is 4.79 Å². The minimum atomic E-state index is 0.0204. The summed E-state index contributed by atoms with van der Waals surface area (Å²) in [5.41, 5.74) is 2.85. The number of carbonyl (C=O) groups excluding carboxylic acids is 1. The zero-order valence-electron chi connectivity index (χ0n) is 15.5. The Kier molecular flexibility index (Phi) is 4.62. The highest BCUT2D eigenvalue weighted by atomic mass is 16.5. The molecule has 1 amide bonds. The molecule has 6 nitrogen and oxygen atoms in total. The topological polar surface area (TPSA) is 60.2 Å². The fourth-order valence-electron chi connectivity index (χ4n) is 3.43. The van der Waals surface area contributed by atoms with E-state index in [2.05, 4.69) is 33.6 Å². The molecule has 0 aliphatic carbocycles. The maximum Gasteiger partial charge on any atom is 0.255 e. The van der Waals surface area contributed by atoms with E-state index in [1.807, 2.05) is 29.3 Å². The van der Waals surface area contributed by atoms with Crippen LogP contribution in [0.2, 0.25) is 0 Å². The highest BCUT2D eigenvalue weighted by molar-refractivity contribution is 5.94. The molecule has 1 saturated heterocycles. The first kappa shape index (κ1) is 17.3. The summed E-state index contributed by atoms with van der Waals surface area (Å²) >= 11 is 0. The van der Waals surface area contributed by atoms with Crippen molar-refractivity contribution in [2.75, 3.05) is 20.2 Å². The van der Waals surface area contributed by atoms with Gasteiger partial charge in [0.05, 0.1) is 12.7 Å². The standard InChI is InChI=1S/C21H22N4O2/c1-15-10-23-20(17-6-4-3-5-7-17)25(15)14-16-12-24(13-16)21(26)18-8-9-19(27-2)22-11-18/h3-11,16H,12-14H2,1-2H3. The van der Waals surface area contributed by atoms with Gasteiger partial charge in [-0.3, -0.25) is 4.79 Å². The zero-order valence-corrected chi connectivity index (χ0v) is 15.5. The number of carbonyl (C=O) groups is 1. The Morgan fingerprint density at radius 1 is 1.11 bits per heavy atom. The number of nitrogens with zero attached hydrogens (tertiary/aromatic N) is 4. The average molecular weight is 362 g/mol. The molecule has 3 aromatic rings. The summed E-state index contributed by atoms with van der Waals surface area (Å²) in [5.74, 6) is 1.94. The lowest BCUT2D eigenvalue weighted by Crippen LogP contribution is -2.51. The molecule has 0 saturated carbocycles. The van der Waals surface area contributed by atoms with Crippen molar-refractivity contribution in [3.8, 4) is 17.3 Å². The molecule has 4 rings (SSSR count). The van der Waals surface area contributed by atoms with Gasteiger partial charge in [-0.25, -0.2) is 9.97 Å². The summed E-state index contributed by atoms with van der Waals surface area (Å²) in [6.45, 7) is 4.43. The molecule has 0 radical (unpaired) electrons. The predicted molar refractivity (Wildman–Crippen MR) is 103 cm³/mol. The van der Waals surface area contributed by atoms with Crippen LogP contribution in [-0.2, 0) is 6.54 Å². The molecule has 3 heterocycles. The van der Waals surface area contributed by atoms with Gasteiger partial charge in [-0.05, 0) is 13.0 Å². The number of pyridine rings is 1. The van der Waals surface area contributed by atoms with Crippen LogP contribution in [-0.4, -0.2) is 45.5 Å². The Bertz CT molecular complexity index is 929. The van der Waals surface area contributed by atoms with Crippen molar-refractivity contribution in [2.24, 2.45) is 5.92 Å². The number of imidazole rings is 1. The number of amides is 1. The third kappa shape index (κ3) is 3.43. The van der Waals surface area contributed by atoms with Crippen LogP contribution in [0.25, 0.3) is 11.4 Å². The minimum Gasteiger partial charge on any atom is -0.481 e. The van der Waals surface area contributed by atoms with E-state index < -0.39 is 0 Å². The first-order valence-corrected chi connectivity index (χ1v) is 9.02. The number of hydrogen-bond donors (Lipinski definition) is 0. The van der Waals surface area contributed by atoms with Crippen molar-refractivity contribution in [1.29, 1.82) is 0 Å². The van der Waals surface area contributed by atoms with Crippen LogP contribution in [0.4, 0.5) is 0 Å². The van der Waals surface area contributed by atoms with Gasteiger partial charge in [0.1, 0.15) is 5.82 Å². The summed E-state index contributed by atoms with van der Waals surface area (Å²) in [7, 11) is 1.56. The first-order chi connectivity index (χ1) is 13.2. The number of benzene rings is 1. The summed E-state index contributed by atoms with van der Waals surface area (Å²) in [6.07, 6.45) is 3.48. The van der Waals surface area contributed by atoms with Gasteiger partial charge in [0.15, 0.2) is 0 Å². The number of methoxy groups -OCH3 is 1. The van der Waals surface area contributed by atoms with E-state index in [0.717, 1.165) is 36.7 Å². The second kappa shape index (κ2) is 7.23. The highest BCUT2D eigenvalue weighted by Gasteiger charge is 2.32. The summed E-state index contributed by atoms with van der Waals surface area (Å²) in [4.78, 5) is 23.1. The quantitative estimate of drug-likeness (QED) is 0.700. The Morgan fingerprint density at radius 3 is 2.56 bits per heavy atom. The summed E-state index contributed by atoms with van der Waals surface area (Å²) < 4.78 is 7.29. The predicted octanol–water partition coefficient (Wildman–Crippen LogP) is 3.03. The Hall–Kier alpha value is -3.15. The maximum absolute atomic E-state index is 12.6. The van der Waals surface area contributed by atoms with Crippen molar-refractivity contribution in [3.05, 3.63) is 66.1 Å². The molecule has 0 atom stereocenters. The monoisotopic (exact) mass is 362 g/mol. The fourth-order valence-corrected chi connectivity index (χ4v) is 3.43. The normalized spacial score (nSPS) is 14.1. The highest BCUT2D eigenvalue weighted by Crippen LogP contribution is 2.25. The molecule has 1 fully saturated rings. The van der Waals surface area contributed by atoms with E-state index in [-0.39, 0.29) is 5.91 Å². The van der Waals surface area contributed by atoms with Crippen molar-refractivity contribution >= 4 is 5.91 Å². The van der Waals surface area contributed by atoms with Gasteiger partial charge in [0.25, 0.3) is 5.91 Å². The van der Waals surface area contributed by atoms with Gasteiger partial charge in [0.2, 0.25) is 5.88 Å². The molecule has 0 bridgehead atoms. The third-order valence-electron chi connectivity index (χ3n) is 4.96. The molecular weight excluding hydrogens is 340 g/mol. The SMILES string of the molecule is COc1ccc(C(=O)N2CC(Cn3c(C)cnc3-c3ccccc3)C2)cn1. The van der Waals surface area contributed by atoms with Crippen LogP contribution in [0.5, 0.6) is 5.88 Å². The molecule has 6 heteroatoms. The molecule has 2 aromatic heterocycles. The average Bonchev–Trinajstić information content (AvgIpc) is 3.05. The van der Waals surface area contributed by atoms with E-state index in [0.29, 0.717) is 17.4 Å². The largest absolute Gasteiger partial charge is 0.481 e. The molecular formula is C21H22N4O2. The van der Waals surface area contributed by atoms with Crippen molar-refractivity contribution in [1.82, 2.24) is 19.4 Å². The number of aromatic nitrogens is 3. The zero-order chi connectivity index (χ0) is 18.8. The van der Waals surface area contributed by atoms with Gasteiger partial charge >= 0.3 is 0 Å². The van der Waals surface area contributed by atoms with Gasteiger partial charge < -0.3 is 14.2 Å². The Labute approximate surface area is 158 Å². The van der Waals surface area contributed by atoms with Crippen LogP contribution >= 0.6 is 0 Å². The lowest BCUT2D eigenvalue weighted by atomic mass is 9.98. The third-order valence-corrected chi connectivity index (χ3v) is 4.96. The molecule has 1 aliphatic rings. The smallest absolute Gasteiger partial charge is 0.255 e. The van der Waals surface area contributed by atoms with E-state index >= 15 is 0 Å². The molecule has 27 heavy (non-hydrogen) atoms. The van der Waals surface area contributed by atoms with E-state index in [1.54, 1.807) is 25.4 Å². The van der Waals surface area contributed by atoms with Crippen molar-refractivity contribution in [3.63, 3.8) is 0 Å². The van der Waals surface area contributed by atoms with Crippen molar-refractivity contribution in [2.45, 2.75) is 13.5 Å². The van der Waals surface area contributed by atoms with Crippen LogP contribution in [0.3, 0.4) is 0 Å². The number of likely N-dealkylation sites (tertiary alicyclic amines) is 1. The van der Waals surface area contributed by atoms with Gasteiger partial charge in [-0.15, -0.1) is 0 Å². The second-order valence-electron chi connectivity index (χ2n) is 6.87. The molecule has 0 N–H and O–H groups in total. The van der Waals surface area contributed by atoms with Gasteiger partial charge in [-0.1, -0.05) is 30.3 Å². The maximum atomic E-state index is 12.6. The van der Waals surface area contributed by atoms with E-state index in [1.165, 1.54) is 0 Å². The molecule has 138 valence electrons. The number of aryl methyl sites for hydroxylation is 1. The summed E-state index contributed by atoms with van der Waals surface area (Å²) in [6, 6.07) is 13.7. The molecule has 0 spiro atoms. The van der Waals surface area contributed by atoms with Crippen LogP contribution < -0.4 is 4.74 Å². The second-order valence-corrected chi connectivity index (χ2v) is 6.87. The van der Waals surface area contributed by atoms with Crippen molar-refractivity contribution < 1.29 is 9.53 Å². The number of ether oxygens (including phenoxy) is 1. The first-order valence-electron chi connectivity index (χ1n) is 9.02. The fraction of sp³-hybridized carbons (Fsp3) is 0.286. The van der Waals surface area contributed by atoms with E-state index in [4.69, 9.17) is 4.74 Å². The minimum absolute atomic E-state index is 0.0204. The molecule has 1 aromatic carbocycles. The summed E-state index contributed by atoms with van der Waals surface area (Å²) in [5, 5.41) is 0. The number of rotatable bonds is 5. The van der Waals surface area contributed by atoms with Crippen LogP contribution in [0, 0.1) is 12.8 Å². The molecule has 1 aliphatic heterocycles. The van der Waals surface area contributed by atoms with Crippen LogP contribution in [0.1, 0.15) is 16.1 Å². The lowest BCUT2D eigenvalue weighted by molar-refractivity contribution is 0.0468. The van der Waals surface area contributed by atoms with Gasteiger partial charge in [0, 0.05) is 55.3 Å². The Morgan fingerprint density at radius 2 is 1.89 bits per heavy atom. The Balaban J connectivity index is 1.41. The van der Waals surface area contributed by atoms with Gasteiger partial charge in [-0.2, -0.15) is 0 Å². The number of hydrogen-bond acceptors (Lipinski definition) is 4.